The molecule has 1 aromatic carbocycles. The van der Waals surface area contributed by atoms with E-state index in [1.807, 2.05) is 12.1 Å². The van der Waals surface area contributed by atoms with Crippen molar-refractivity contribution in [1.82, 2.24) is 9.80 Å². The van der Waals surface area contributed by atoms with Crippen LogP contribution in [0.25, 0.3) is 6.08 Å². The van der Waals surface area contributed by atoms with Crippen LogP contribution in [0.15, 0.2) is 30.3 Å². The summed E-state index contributed by atoms with van der Waals surface area (Å²) in [6, 6.07) is 6.45. The van der Waals surface area contributed by atoms with Crippen molar-refractivity contribution in [3.05, 3.63) is 35.9 Å². The van der Waals surface area contributed by atoms with Crippen molar-refractivity contribution in [2.45, 2.75) is 18.9 Å². The van der Waals surface area contributed by atoms with Crippen molar-refractivity contribution in [3.8, 4) is 5.75 Å². The smallest absolute Gasteiger partial charge is 0.326 e. The molecule has 0 saturated carbocycles. The minimum atomic E-state index is -1.00. The highest BCUT2D eigenvalue weighted by Crippen LogP contribution is 2.18. The zero-order valence-corrected chi connectivity index (χ0v) is 14.3. The summed E-state index contributed by atoms with van der Waals surface area (Å²) >= 11 is 0. The first-order chi connectivity index (χ1) is 11.9. The van der Waals surface area contributed by atoms with E-state index in [1.54, 1.807) is 25.3 Å². The van der Waals surface area contributed by atoms with Crippen LogP contribution in [0.5, 0.6) is 5.75 Å². The van der Waals surface area contributed by atoms with Crippen LogP contribution in [0.4, 0.5) is 0 Å². The van der Waals surface area contributed by atoms with Crippen LogP contribution in [0.3, 0.4) is 0 Å². The molecular formula is C18H22N2O5. The van der Waals surface area contributed by atoms with Crippen molar-refractivity contribution < 1.29 is 24.2 Å². The number of rotatable bonds is 6. The summed E-state index contributed by atoms with van der Waals surface area (Å²) in [7, 11) is 3.08. The molecule has 2 rings (SSSR count). The molecule has 1 aromatic rings. The van der Waals surface area contributed by atoms with Gasteiger partial charge in [-0.25, -0.2) is 4.79 Å². The zero-order chi connectivity index (χ0) is 18.4. The van der Waals surface area contributed by atoms with Crippen LogP contribution >= 0.6 is 0 Å². The molecule has 0 aromatic heterocycles. The summed E-state index contributed by atoms with van der Waals surface area (Å²) in [5.41, 5.74) is 0.804. The molecule has 1 saturated heterocycles. The number of carboxylic acids is 1. The highest BCUT2D eigenvalue weighted by Gasteiger charge is 2.34. The first kappa shape index (κ1) is 18.5. The van der Waals surface area contributed by atoms with E-state index in [-0.39, 0.29) is 18.4 Å². The lowest BCUT2D eigenvalue weighted by Gasteiger charge is -2.24. The number of carbonyl (C=O) groups is 3. The van der Waals surface area contributed by atoms with E-state index in [9.17, 15) is 14.4 Å². The number of methoxy groups -OCH3 is 1. The van der Waals surface area contributed by atoms with Crippen LogP contribution in [-0.2, 0) is 14.4 Å². The van der Waals surface area contributed by atoms with E-state index in [1.165, 1.54) is 22.9 Å². The number of carboxylic acid groups (broad SMARTS) is 1. The first-order valence-corrected chi connectivity index (χ1v) is 8.02. The minimum Gasteiger partial charge on any atom is -0.497 e. The normalized spacial score (nSPS) is 16.9. The molecule has 0 spiro atoms. The number of carbonyl (C=O) groups excluding carboxylic acids is 2. The van der Waals surface area contributed by atoms with Crippen LogP contribution in [0.2, 0.25) is 0 Å². The lowest BCUT2D eigenvalue weighted by atomic mass is 10.2. The Morgan fingerprint density at radius 2 is 2.16 bits per heavy atom. The summed E-state index contributed by atoms with van der Waals surface area (Å²) in [6.45, 7) is 0.266. The van der Waals surface area contributed by atoms with Gasteiger partial charge in [-0.15, -0.1) is 0 Å². The number of nitrogens with zero attached hydrogens (tertiary/aromatic N) is 2. The predicted octanol–water partition coefficient (Wildman–Crippen LogP) is 1.24. The Bertz CT molecular complexity index is 686. The third-order valence-corrected chi connectivity index (χ3v) is 4.12. The molecule has 0 radical (unpaired) electrons. The van der Waals surface area contributed by atoms with Gasteiger partial charge in [0.05, 0.1) is 13.7 Å². The quantitative estimate of drug-likeness (QED) is 0.783. The third-order valence-electron chi connectivity index (χ3n) is 4.12. The fourth-order valence-electron chi connectivity index (χ4n) is 2.73. The Morgan fingerprint density at radius 3 is 2.84 bits per heavy atom. The molecule has 0 aliphatic carbocycles. The van der Waals surface area contributed by atoms with Crippen LogP contribution in [-0.4, -0.2) is 66.0 Å². The lowest BCUT2D eigenvalue weighted by molar-refractivity contribution is -0.149. The number of amides is 2. The molecule has 1 fully saturated rings. The molecule has 1 unspecified atom stereocenters. The molecule has 25 heavy (non-hydrogen) atoms. The average Bonchev–Trinajstić information content (AvgIpc) is 3.10. The van der Waals surface area contributed by atoms with Gasteiger partial charge in [-0.1, -0.05) is 12.1 Å². The number of aliphatic carboxylic acids is 1. The first-order valence-electron chi connectivity index (χ1n) is 8.02. The van der Waals surface area contributed by atoms with Gasteiger partial charge in [0, 0.05) is 19.7 Å². The molecule has 134 valence electrons. The van der Waals surface area contributed by atoms with Crippen LogP contribution in [0.1, 0.15) is 18.4 Å². The second-order valence-electron chi connectivity index (χ2n) is 5.89. The summed E-state index contributed by atoms with van der Waals surface area (Å²) in [6.07, 6.45) is 4.13. The van der Waals surface area contributed by atoms with Gasteiger partial charge in [0.2, 0.25) is 11.8 Å². The highest BCUT2D eigenvalue weighted by molar-refractivity contribution is 5.95. The van der Waals surface area contributed by atoms with Gasteiger partial charge in [-0.2, -0.15) is 0 Å². The van der Waals surface area contributed by atoms with Crippen molar-refractivity contribution in [2.75, 3.05) is 27.2 Å². The standard InChI is InChI=1S/C18H22N2O5/c1-19(12-17(22)20-10-4-7-15(20)18(23)24)16(21)9-8-13-5-3-6-14(11-13)25-2/h3,5-6,8-9,11,15H,4,7,10,12H2,1-2H3,(H,23,24)/b9-8+. The van der Waals surface area contributed by atoms with Crippen molar-refractivity contribution in [1.29, 1.82) is 0 Å². The molecule has 1 aliphatic rings. The Kier molecular flexibility index (Phi) is 6.16. The predicted molar refractivity (Wildman–Crippen MR) is 92.0 cm³/mol. The molecule has 7 nitrogen and oxygen atoms in total. The molecule has 7 heteroatoms. The topological polar surface area (TPSA) is 87.2 Å². The van der Waals surface area contributed by atoms with Gasteiger partial charge in [0.25, 0.3) is 0 Å². The molecule has 1 atom stereocenters. The van der Waals surface area contributed by atoms with E-state index < -0.39 is 12.0 Å². The van der Waals surface area contributed by atoms with Crippen molar-refractivity contribution in [3.63, 3.8) is 0 Å². The van der Waals surface area contributed by atoms with Crippen molar-refractivity contribution >= 4 is 23.9 Å². The van der Waals surface area contributed by atoms with E-state index in [4.69, 9.17) is 9.84 Å². The Morgan fingerprint density at radius 1 is 1.40 bits per heavy atom. The molecule has 1 heterocycles. The van der Waals surface area contributed by atoms with Crippen molar-refractivity contribution in [2.24, 2.45) is 0 Å². The van der Waals surface area contributed by atoms with E-state index >= 15 is 0 Å². The summed E-state index contributed by atoms with van der Waals surface area (Å²) in [4.78, 5) is 38.2. The maximum Gasteiger partial charge on any atom is 0.326 e. The minimum absolute atomic E-state index is 0.148. The van der Waals surface area contributed by atoms with Crippen LogP contribution in [0, 0.1) is 0 Å². The number of hydrogen-bond acceptors (Lipinski definition) is 4. The summed E-state index contributed by atoms with van der Waals surface area (Å²) < 4.78 is 5.12. The summed E-state index contributed by atoms with van der Waals surface area (Å²) in [5, 5.41) is 9.13. The maximum atomic E-state index is 12.3. The largest absolute Gasteiger partial charge is 0.497 e. The second kappa shape index (κ2) is 8.32. The van der Waals surface area contributed by atoms with Gasteiger partial charge in [0.1, 0.15) is 11.8 Å². The number of ether oxygens (including phenoxy) is 1. The fourth-order valence-corrected chi connectivity index (χ4v) is 2.73. The highest BCUT2D eigenvalue weighted by atomic mass is 16.5. The van der Waals surface area contributed by atoms with Gasteiger partial charge >= 0.3 is 5.97 Å². The number of hydrogen-bond donors (Lipinski definition) is 1. The van der Waals surface area contributed by atoms with E-state index in [2.05, 4.69) is 0 Å². The molecule has 0 bridgehead atoms. The molecular weight excluding hydrogens is 324 g/mol. The molecule has 2 amide bonds. The van der Waals surface area contributed by atoms with Gasteiger partial charge < -0.3 is 19.6 Å². The third kappa shape index (κ3) is 4.82. The van der Waals surface area contributed by atoms with Gasteiger partial charge in [-0.3, -0.25) is 9.59 Å². The average molecular weight is 346 g/mol. The zero-order valence-electron chi connectivity index (χ0n) is 14.3. The lowest BCUT2D eigenvalue weighted by Crippen LogP contribution is -2.45. The molecule has 1 aliphatic heterocycles. The van der Waals surface area contributed by atoms with Gasteiger partial charge in [0.15, 0.2) is 0 Å². The Hall–Kier alpha value is -2.83. The number of likely N-dealkylation sites (N-methyl/N-ethyl adjacent to an activating group) is 1. The summed E-state index contributed by atoms with van der Waals surface area (Å²) in [5.74, 6) is -0.998. The second-order valence-corrected chi connectivity index (χ2v) is 5.89. The van der Waals surface area contributed by atoms with E-state index in [0.717, 1.165) is 5.56 Å². The van der Waals surface area contributed by atoms with E-state index in [0.29, 0.717) is 25.1 Å². The number of benzene rings is 1. The van der Waals surface area contributed by atoms with Gasteiger partial charge in [-0.05, 0) is 36.6 Å². The fraction of sp³-hybridized carbons (Fsp3) is 0.389. The van der Waals surface area contributed by atoms with Crippen LogP contribution < -0.4 is 4.74 Å². The SMILES string of the molecule is COc1cccc(/C=C/C(=O)N(C)CC(=O)N2CCCC2C(=O)O)c1. The Labute approximate surface area is 146 Å². The monoisotopic (exact) mass is 346 g/mol. The molecule has 1 N–H and O–H groups in total. The Balaban J connectivity index is 1.94. The maximum absolute atomic E-state index is 12.3. The number of likely N-dealkylation sites (tertiary alicyclic amines) is 1.